The maximum absolute atomic E-state index is 13.3. The third-order valence-electron chi connectivity index (χ3n) is 15.4. The summed E-state index contributed by atoms with van der Waals surface area (Å²) in [4.78, 5) is 105. The van der Waals surface area contributed by atoms with Crippen molar-refractivity contribution in [2.45, 2.75) is 211 Å². The summed E-state index contributed by atoms with van der Waals surface area (Å²) in [7, 11) is -19.1. The predicted molar refractivity (Wildman–Crippen MR) is 342 cm³/mol. The average Bonchev–Trinajstić information content (AvgIpc) is 0.689. The summed E-state index contributed by atoms with van der Waals surface area (Å²) >= 11 is 0. The molecule has 0 aromatic carbocycles. The van der Waals surface area contributed by atoms with Gasteiger partial charge < -0.3 is 72.1 Å². The second-order valence-corrected chi connectivity index (χ2v) is 36.1. The predicted octanol–water partition coefficient (Wildman–Crippen LogP) is 10.4. The standard InChI is InChI=1S/C64H96O24Si4/c1-45(2)53(65)26-17-18-27-61-42-62(28-19-31-73-54(66)46(3)4)44-64(30-21-33-75-56(68)48(7)8)83-89(80-61,38-22-34-76-57(69)49(9)10)86-91(40-24-36-78-59(71)51(13)14)84-63(43-61,29-20-32-74-55(67)47(5)6)82-90(81-62,39-23-35-77-58(70)50(11)12)87-92(85-64,88-91)41-25-37-79-60(72)52(15)16/h1,3,5,7,9,11,13,15,17-44H2,2,4,6,8,10,12,14,16H3. The molecule has 6 rings (SSSR count). The van der Waals surface area contributed by atoms with Crippen LogP contribution in [0.2, 0.25) is 24.2 Å². The van der Waals surface area contributed by atoms with E-state index in [2.05, 4.69) is 52.6 Å². The first-order valence-electron chi connectivity index (χ1n) is 31.4. The highest BCUT2D eigenvalue weighted by Crippen LogP contribution is 2.61. The molecule has 28 heteroatoms. The number of unbranched alkanes of at least 4 members (excludes halogenated alkanes) is 1. The summed E-state index contributed by atoms with van der Waals surface area (Å²) in [6, 6.07) is -0.488. The Labute approximate surface area is 545 Å². The van der Waals surface area contributed by atoms with Crippen molar-refractivity contribution in [3.63, 3.8) is 0 Å². The zero-order chi connectivity index (χ0) is 68.4. The van der Waals surface area contributed by atoms with Gasteiger partial charge in [-0.2, -0.15) is 0 Å². The van der Waals surface area contributed by atoms with Crippen molar-refractivity contribution in [1.82, 2.24) is 0 Å². The van der Waals surface area contributed by atoms with Crippen LogP contribution in [-0.4, -0.2) is 152 Å². The van der Waals surface area contributed by atoms with Gasteiger partial charge in [0, 0.05) is 102 Å². The molecule has 6 aliphatic heterocycles. The first-order valence-corrected chi connectivity index (χ1v) is 39.1. The first-order chi connectivity index (χ1) is 43.1. The van der Waals surface area contributed by atoms with Crippen LogP contribution in [0.1, 0.15) is 165 Å². The molecule has 6 aliphatic rings. The van der Waals surface area contributed by atoms with Gasteiger partial charge in [0.15, 0.2) is 17.4 Å². The van der Waals surface area contributed by atoms with Crippen LogP contribution in [0.25, 0.3) is 0 Å². The lowest BCUT2D eigenvalue weighted by molar-refractivity contribution is -0.312. The number of esters is 7. The number of Topliss-reactive ketones (excluding diaryl/α,β-unsaturated/α-hetero) is 1. The molecule has 0 aromatic heterocycles. The first kappa shape index (κ1) is 77.1. The minimum atomic E-state index is -4.82. The maximum atomic E-state index is 13.3. The lowest BCUT2D eigenvalue weighted by Gasteiger charge is -2.66. The van der Waals surface area contributed by atoms with Gasteiger partial charge in [-0.25, -0.2) is 33.6 Å². The zero-order valence-corrected chi connectivity index (χ0v) is 59.3. The van der Waals surface area contributed by atoms with Gasteiger partial charge in [0.2, 0.25) is 0 Å². The number of carbonyl (C=O) groups is 8. The summed E-state index contributed by atoms with van der Waals surface area (Å²) in [5.74, 6) is -8.60. The number of carbonyl (C=O) groups excluding carboxylic acids is 8. The van der Waals surface area contributed by atoms with Gasteiger partial charge in [0.1, 0.15) is 0 Å². The summed E-state index contributed by atoms with van der Waals surface area (Å²) < 4.78 is 111. The van der Waals surface area contributed by atoms with Crippen molar-refractivity contribution >= 4 is 82.8 Å². The molecule has 24 nitrogen and oxygen atoms in total. The minimum absolute atomic E-state index is 0.0154. The highest BCUT2D eigenvalue weighted by Gasteiger charge is 2.78. The molecule has 8 unspecified atom stereocenters. The van der Waals surface area contributed by atoms with Crippen molar-refractivity contribution in [2.75, 3.05) is 46.2 Å². The lowest BCUT2D eigenvalue weighted by Crippen LogP contribution is -2.83. The Bertz CT molecular complexity index is 2230. The molecule has 6 heterocycles. The topological polar surface area (TPSA) is 284 Å². The van der Waals surface area contributed by atoms with E-state index in [-0.39, 0.29) is 212 Å². The van der Waals surface area contributed by atoms with Crippen LogP contribution < -0.4 is 0 Å². The minimum Gasteiger partial charge on any atom is -0.462 e. The number of hydrogen-bond donors (Lipinski definition) is 0. The Morgan fingerprint density at radius 2 is 0.554 bits per heavy atom. The van der Waals surface area contributed by atoms with Gasteiger partial charge >= 0.3 is 77.0 Å². The highest BCUT2D eigenvalue weighted by atomic mass is 28.5. The fraction of sp³-hybridized carbons (Fsp3) is 0.625. The normalized spacial score (nSPS) is 27.4. The summed E-state index contributed by atoms with van der Waals surface area (Å²) in [6.07, 6.45) is 1.02. The Morgan fingerprint density at radius 3 is 0.848 bits per heavy atom. The molecular formula is C64H96O24Si4. The molecule has 0 saturated carbocycles. The molecule has 0 aromatic rings. The van der Waals surface area contributed by atoms with Gasteiger partial charge in [-0.15, -0.1) is 0 Å². The molecule has 8 bridgehead atoms. The third-order valence-corrected chi connectivity index (χ3v) is 30.9. The second kappa shape index (κ2) is 33.7. The molecule has 0 amide bonds. The third kappa shape index (κ3) is 22.3. The monoisotopic (exact) mass is 1360 g/mol. The molecular weight excluding hydrogens is 1270 g/mol. The zero-order valence-electron chi connectivity index (χ0n) is 55.3. The average molecular weight is 1360 g/mol. The van der Waals surface area contributed by atoms with E-state index in [1.165, 1.54) is 48.5 Å². The highest BCUT2D eigenvalue weighted by molar-refractivity contribution is 6.85. The Kier molecular flexibility index (Phi) is 28.2. The molecule has 0 N–H and O–H groups in total. The van der Waals surface area contributed by atoms with Crippen molar-refractivity contribution in [3.05, 3.63) is 97.2 Å². The molecule has 0 radical (unpaired) electrons. The SMILES string of the molecule is C=C(C)C(=O)CCCCC12CC3(CCCOC(=O)C(=C)C)CC4(CCCOC(=O)C(=C)C)O[Si](CCCOC(=O)C(=C)C)(O1)O[Si]1(CCCOC(=O)C(=C)C)OC(CCCOC(=O)C(=C)C)(C2)O[Si](CCCOC(=O)C(=C)C)(O3)O[Si](CCCOC(=O)C(=C)C)(O4)O1. The van der Waals surface area contributed by atoms with Gasteiger partial charge in [-0.05, 0) is 125 Å². The maximum Gasteiger partial charge on any atom is 0.496 e. The van der Waals surface area contributed by atoms with Gasteiger partial charge in [-0.1, -0.05) is 59.1 Å². The molecule has 512 valence electrons. The van der Waals surface area contributed by atoms with Crippen LogP contribution in [0.5, 0.6) is 0 Å². The van der Waals surface area contributed by atoms with Crippen molar-refractivity contribution in [2.24, 2.45) is 0 Å². The molecule has 6 saturated heterocycles. The van der Waals surface area contributed by atoms with Crippen LogP contribution in [0.3, 0.4) is 0 Å². The van der Waals surface area contributed by atoms with E-state index < -0.39 is 99.8 Å². The smallest absolute Gasteiger partial charge is 0.462 e. The molecule has 0 spiro atoms. The quantitative estimate of drug-likeness (QED) is 0.0181. The van der Waals surface area contributed by atoms with Crippen molar-refractivity contribution < 1.29 is 110 Å². The molecule has 92 heavy (non-hydrogen) atoms. The van der Waals surface area contributed by atoms with Gasteiger partial charge in [-0.3, -0.25) is 4.79 Å². The van der Waals surface area contributed by atoms with Crippen molar-refractivity contribution in [3.8, 4) is 0 Å². The van der Waals surface area contributed by atoms with E-state index >= 15 is 0 Å². The van der Waals surface area contributed by atoms with Gasteiger partial charge in [0.25, 0.3) is 0 Å². The van der Waals surface area contributed by atoms with E-state index in [1.54, 1.807) is 6.92 Å². The van der Waals surface area contributed by atoms with Crippen LogP contribution in [0, 0.1) is 0 Å². The van der Waals surface area contributed by atoms with Gasteiger partial charge in [0.05, 0.1) is 57.5 Å². The molecule has 6 fully saturated rings. The van der Waals surface area contributed by atoms with Crippen molar-refractivity contribution in [1.29, 1.82) is 0 Å². The fourth-order valence-electron chi connectivity index (χ4n) is 11.4. The lowest BCUT2D eigenvalue weighted by atomic mass is 9.74. The fourth-order valence-corrected chi connectivity index (χ4v) is 30.1. The van der Waals surface area contributed by atoms with E-state index in [9.17, 15) is 38.4 Å². The number of allylic oxidation sites excluding steroid dienone is 1. The van der Waals surface area contributed by atoms with E-state index in [0.29, 0.717) is 18.4 Å². The van der Waals surface area contributed by atoms with E-state index in [1.807, 2.05) is 0 Å². The number of ketones is 1. The van der Waals surface area contributed by atoms with Crippen LogP contribution >= 0.6 is 0 Å². The summed E-state index contributed by atoms with van der Waals surface area (Å²) in [6.45, 7) is 41.3. The number of rotatable bonds is 41. The van der Waals surface area contributed by atoms with E-state index in [0.717, 1.165) is 0 Å². The number of ether oxygens (including phenoxy) is 7. The number of hydrogen-bond acceptors (Lipinski definition) is 24. The molecule has 8 atom stereocenters. The summed E-state index contributed by atoms with van der Waals surface area (Å²) in [5.41, 5.74) is -1.59. The van der Waals surface area contributed by atoms with Crippen LogP contribution in [0.4, 0.5) is 0 Å². The Morgan fingerprint density at radius 1 is 0.304 bits per heavy atom. The summed E-state index contributed by atoms with van der Waals surface area (Å²) in [5, 5.41) is 0. The Balaban J connectivity index is 1.96. The van der Waals surface area contributed by atoms with Crippen LogP contribution in [0.15, 0.2) is 97.2 Å². The Hall–Kier alpha value is -5.61. The largest absolute Gasteiger partial charge is 0.496 e. The van der Waals surface area contributed by atoms with Crippen LogP contribution in [-0.2, 0) is 110 Å². The second-order valence-electron chi connectivity index (χ2n) is 24.9. The molecule has 0 aliphatic carbocycles. The van der Waals surface area contributed by atoms with E-state index in [4.69, 9.17) is 72.1 Å².